The molecule has 1 amide bonds. The minimum Gasteiger partial charge on any atom is -0.341 e. The van der Waals surface area contributed by atoms with Crippen molar-refractivity contribution < 1.29 is 4.79 Å². The van der Waals surface area contributed by atoms with Gasteiger partial charge in [0.25, 0.3) is 5.91 Å². The summed E-state index contributed by atoms with van der Waals surface area (Å²) in [4.78, 5) is 27.4. The largest absolute Gasteiger partial charge is 0.341 e. The number of halogens is 1. The SMILES string of the molecule is O=C(Nc1nnc(-c2ccccn2)s1)c1nc(N2CCCC2)ncc1Cl. The fourth-order valence-corrected chi connectivity index (χ4v) is 3.50. The normalized spacial score (nSPS) is 13.8. The van der Waals surface area contributed by atoms with E-state index in [1.807, 2.05) is 23.1 Å². The Kier molecular flexibility index (Phi) is 4.72. The van der Waals surface area contributed by atoms with Crippen molar-refractivity contribution in [1.29, 1.82) is 0 Å². The van der Waals surface area contributed by atoms with Crippen molar-refractivity contribution >= 4 is 39.9 Å². The number of rotatable bonds is 4. The molecule has 4 heterocycles. The maximum atomic E-state index is 12.6. The third kappa shape index (κ3) is 3.49. The van der Waals surface area contributed by atoms with Gasteiger partial charge in [-0.15, -0.1) is 10.2 Å². The average molecular weight is 388 g/mol. The Labute approximate surface area is 158 Å². The predicted molar refractivity (Wildman–Crippen MR) is 99.6 cm³/mol. The van der Waals surface area contributed by atoms with Crippen LogP contribution < -0.4 is 10.2 Å². The molecule has 1 saturated heterocycles. The number of hydrogen-bond donors (Lipinski definition) is 1. The van der Waals surface area contributed by atoms with E-state index < -0.39 is 5.91 Å². The van der Waals surface area contributed by atoms with E-state index in [1.165, 1.54) is 17.5 Å². The Morgan fingerprint density at radius 1 is 1.19 bits per heavy atom. The number of anilines is 2. The molecule has 26 heavy (non-hydrogen) atoms. The molecule has 0 aromatic carbocycles. The first kappa shape index (κ1) is 16.8. The lowest BCUT2D eigenvalue weighted by atomic mass is 10.4. The maximum Gasteiger partial charge on any atom is 0.277 e. The fraction of sp³-hybridized carbons (Fsp3) is 0.250. The summed E-state index contributed by atoms with van der Waals surface area (Å²) in [6.07, 6.45) is 5.31. The molecule has 0 radical (unpaired) electrons. The lowest BCUT2D eigenvalue weighted by Crippen LogP contribution is -2.23. The van der Waals surface area contributed by atoms with Gasteiger partial charge in [-0.3, -0.25) is 15.1 Å². The first-order valence-electron chi connectivity index (χ1n) is 8.04. The molecule has 0 bridgehead atoms. The van der Waals surface area contributed by atoms with E-state index >= 15 is 0 Å². The van der Waals surface area contributed by atoms with Crippen LogP contribution in [0, 0.1) is 0 Å². The van der Waals surface area contributed by atoms with Crippen LogP contribution in [0.15, 0.2) is 30.6 Å². The minimum atomic E-state index is -0.443. The summed E-state index contributed by atoms with van der Waals surface area (Å²) in [5, 5.41) is 11.9. The number of carbonyl (C=O) groups excluding carboxylic acids is 1. The lowest BCUT2D eigenvalue weighted by Gasteiger charge is -2.15. The maximum absolute atomic E-state index is 12.6. The molecule has 0 spiro atoms. The van der Waals surface area contributed by atoms with Gasteiger partial charge in [-0.25, -0.2) is 9.97 Å². The number of nitrogens with zero attached hydrogens (tertiary/aromatic N) is 6. The highest BCUT2D eigenvalue weighted by Gasteiger charge is 2.20. The molecular formula is C16H14ClN7OS. The van der Waals surface area contributed by atoms with Crippen LogP contribution in [0.2, 0.25) is 5.02 Å². The Bertz CT molecular complexity index is 927. The molecule has 0 saturated carbocycles. The topological polar surface area (TPSA) is 96.8 Å². The van der Waals surface area contributed by atoms with Gasteiger partial charge in [0.05, 0.1) is 11.2 Å². The zero-order chi connectivity index (χ0) is 17.9. The van der Waals surface area contributed by atoms with Gasteiger partial charge in [-0.05, 0) is 25.0 Å². The van der Waals surface area contributed by atoms with Crippen molar-refractivity contribution in [3.63, 3.8) is 0 Å². The standard InChI is InChI=1S/C16H14ClN7OS/c17-10-9-19-15(24-7-3-4-8-24)20-12(10)13(25)21-16-23-22-14(26-16)11-5-1-2-6-18-11/h1-2,5-6,9H,3-4,7-8H2,(H,21,23,25). The molecule has 1 N–H and O–H groups in total. The minimum absolute atomic E-state index is 0.123. The molecule has 3 aromatic rings. The van der Waals surface area contributed by atoms with Gasteiger partial charge in [0.2, 0.25) is 11.1 Å². The Hall–Kier alpha value is -2.65. The van der Waals surface area contributed by atoms with Crippen LogP contribution in [0.3, 0.4) is 0 Å². The third-order valence-electron chi connectivity index (χ3n) is 3.86. The van der Waals surface area contributed by atoms with Crippen LogP contribution in [0.4, 0.5) is 11.1 Å². The molecule has 3 aromatic heterocycles. The number of aromatic nitrogens is 5. The van der Waals surface area contributed by atoms with Gasteiger partial charge in [0.1, 0.15) is 5.69 Å². The van der Waals surface area contributed by atoms with Crippen LogP contribution in [0.25, 0.3) is 10.7 Å². The van der Waals surface area contributed by atoms with Gasteiger partial charge in [0.15, 0.2) is 10.7 Å². The summed E-state index contributed by atoms with van der Waals surface area (Å²) >= 11 is 7.35. The van der Waals surface area contributed by atoms with Gasteiger partial charge in [0, 0.05) is 19.3 Å². The number of carbonyl (C=O) groups is 1. The van der Waals surface area contributed by atoms with E-state index in [9.17, 15) is 4.79 Å². The summed E-state index contributed by atoms with van der Waals surface area (Å²) in [7, 11) is 0. The highest BCUT2D eigenvalue weighted by Crippen LogP contribution is 2.26. The van der Waals surface area contributed by atoms with Crippen LogP contribution in [-0.2, 0) is 0 Å². The molecule has 1 aliphatic heterocycles. The fourth-order valence-electron chi connectivity index (χ4n) is 2.61. The number of pyridine rings is 1. The smallest absolute Gasteiger partial charge is 0.277 e. The molecule has 4 rings (SSSR count). The Morgan fingerprint density at radius 3 is 2.81 bits per heavy atom. The number of amides is 1. The Morgan fingerprint density at radius 2 is 2.04 bits per heavy atom. The Balaban J connectivity index is 1.53. The second kappa shape index (κ2) is 7.30. The molecule has 132 valence electrons. The zero-order valence-corrected chi connectivity index (χ0v) is 15.2. The second-order valence-corrected chi connectivity index (χ2v) is 7.03. The molecular weight excluding hydrogens is 374 g/mol. The highest BCUT2D eigenvalue weighted by molar-refractivity contribution is 7.18. The summed E-state index contributed by atoms with van der Waals surface area (Å²) in [6, 6.07) is 5.51. The van der Waals surface area contributed by atoms with E-state index in [-0.39, 0.29) is 10.7 Å². The van der Waals surface area contributed by atoms with E-state index in [1.54, 1.807) is 6.20 Å². The van der Waals surface area contributed by atoms with E-state index in [0.29, 0.717) is 21.8 Å². The molecule has 8 nitrogen and oxygen atoms in total. The molecule has 1 fully saturated rings. The molecule has 1 aliphatic rings. The van der Waals surface area contributed by atoms with Crippen molar-refractivity contribution in [2.24, 2.45) is 0 Å². The summed E-state index contributed by atoms with van der Waals surface area (Å²) in [6.45, 7) is 1.76. The van der Waals surface area contributed by atoms with Gasteiger partial charge in [-0.1, -0.05) is 29.0 Å². The first-order chi connectivity index (χ1) is 12.7. The van der Waals surface area contributed by atoms with Crippen LogP contribution in [0.5, 0.6) is 0 Å². The van der Waals surface area contributed by atoms with Gasteiger partial charge >= 0.3 is 0 Å². The monoisotopic (exact) mass is 387 g/mol. The molecule has 0 atom stereocenters. The molecule has 10 heteroatoms. The first-order valence-corrected chi connectivity index (χ1v) is 9.24. The highest BCUT2D eigenvalue weighted by atomic mass is 35.5. The van der Waals surface area contributed by atoms with Crippen molar-refractivity contribution in [2.45, 2.75) is 12.8 Å². The van der Waals surface area contributed by atoms with Crippen LogP contribution >= 0.6 is 22.9 Å². The molecule has 0 aliphatic carbocycles. The van der Waals surface area contributed by atoms with Crippen LogP contribution in [0.1, 0.15) is 23.3 Å². The second-order valence-electron chi connectivity index (χ2n) is 5.64. The van der Waals surface area contributed by atoms with E-state index in [0.717, 1.165) is 25.9 Å². The average Bonchev–Trinajstić information content (AvgIpc) is 3.35. The quantitative estimate of drug-likeness (QED) is 0.735. The molecule has 0 unspecified atom stereocenters. The number of nitrogens with one attached hydrogen (secondary N) is 1. The third-order valence-corrected chi connectivity index (χ3v) is 5.00. The van der Waals surface area contributed by atoms with Gasteiger partial charge in [-0.2, -0.15) is 0 Å². The van der Waals surface area contributed by atoms with Crippen LogP contribution in [-0.4, -0.2) is 44.1 Å². The van der Waals surface area contributed by atoms with Crippen molar-refractivity contribution in [1.82, 2.24) is 25.1 Å². The van der Waals surface area contributed by atoms with Gasteiger partial charge < -0.3 is 4.90 Å². The number of hydrogen-bond acceptors (Lipinski definition) is 8. The van der Waals surface area contributed by atoms with E-state index in [2.05, 4.69) is 30.5 Å². The summed E-state index contributed by atoms with van der Waals surface area (Å²) in [5.41, 5.74) is 0.819. The lowest BCUT2D eigenvalue weighted by molar-refractivity contribution is 0.102. The van der Waals surface area contributed by atoms with Crippen molar-refractivity contribution in [2.75, 3.05) is 23.3 Å². The zero-order valence-electron chi connectivity index (χ0n) is 13.6. The predicted octanol–water partition coefficient (Wildman–Crippen LogP) is 2.90. The van der Waals surface area contributed by atoms with Crippen molar-refractivity contribution in [3.8, 4) is 10.7 Å². The summed E-state index contributed by atoms with van der Waals surface area (Å²) < 4.78 is 0. The summed E-state index contributed by atoms with van der Waals surface area (Å²) in [5.74, 6) is 0.0741. The van der Waals surface area contributed by atoms with E-state index in [4.69, 9.17) is 11.6 Å². The van der Waals surface area contributed by atoms with Crippen molar-refractivity contribution in [3.05, 3.63) is 41.3 Å².